The third kappa shape index (κ3) is 4.30. The summed E-state index contributed by atoms with van der Waals surface area (Å²) in [5, 5.41) is 5.51. The highest BCUT2D eigenvalue weighted by Crippen LogP contribution is 2.26. The third-order valence-corrected chi connectivity index (χ3v) is 3.61. The van der Waals surface area contributed by atoms with Crippen molar-refractivity contribution in [3.05, 3.63) is 60.9 Å². The van der Waals surface area contributed by atoms with Gasteiger partial charge in [-0.1, -0.05) is 18.2 Å². The van der Waals surface area contributed by atoms with E-state index in [9.17, 15) is 9.59 Å². The number of benzene rings is 1. The van der Waals surface area contributed by atoms with E-state index in [1.54, 1.807) is 24.5 Å². The van der Waals surface area contributed by atoms with Crippen molar-refractivity contribution in [2.75, 3.05) is 10.6 Å². The molecule has 3 aromatic rings. The molecule has 3 rings (SSSR count). The van der Waals surface area contributed by atoms with E-state index in [2.05, 4.69) is 20.6 Å². The quantitative estimate of drug-likeness (QED) is 0.754. The minimum atomic E-state index is -0.130. The lowest BCUT2D eigenvalue weighted by molar-refractivity contribution is -0.115. The second-order valence-corrected chi connectivity index (χ2v) is 5.80. The molecule has 0 aliphatic heterocycles. The highest BCUT2D eigenvalue weighted by atomic mass is 16.2. The fraction of sp³-hybridized carbons (Fsp3) is 0.100. The first kappa shape index (κ1) is 17.3. The second kappa shape index (κ2) is 7.57. The van der Waals surface area contributed by atoms with Crippen molar-refractivity contribution in [2.45, 2.75) is 13.8 Å². The van der Waals surface area contributed by atoms with E-state index in [1.165, 1.54) is 13.8 Å². The van der Waals surface area contributed by atoms with Crippen molar-refractivity contribution in [3.63, 3.8) is 0 Å². The first-order chi connectivity index (χ1) is 12.5. The van der Waals surface area contributed by atoms with Gasteiger partial charge in [0.25, 0.3) is 0 Å². The molecular weight excluding hydrogens is 328 g/mol. The van der Waals surface area contributed by atoms with Crippen LogP contribution >= 0.6 is 0 Å². The van der Waals surface area contributed by atoms with Crippen molar-refractivity contribution in [1.82, 2.24) is 9.97 Å². The summed E-state index contributed by atoms with van der Waals surface area (Å²) in [5.41, 5.74) is 4.69. The van der Waals surface area contributed by atoms with Gasteiger partial charge in [-0.25, -0.2) is 0 Å². The maximum Gasteiger partial charge on any atom is 0.221 e. The Morgan fingerprint density at radius 3 is 1.62 bits per heavy atom. The van der Waals surface area contributed by atoms with Crippen LogP contribution in [0.25, 0.3) is 22.5 Å². The Morgan fingerprint density at radius 1 is 0.731 bits per heavy atom. The summed E-state index contributed by atoms with van der Waals surface area (Å²) in [6.07, 6.45) is 3.31. The zero-order chi connectivity index (χ0) is 18.5. The van der Waals surface area contributed by atoms with Gasteiger partial charge in [0.05, 0.1) is 11.4 Å². The molecule has 0 saturated heterocycles. The van der Waals surface area contributed by atoms with Gasteiger partial charge in [-0.15, -0.1) is 0 Å². The Hall–Kier alpha value is -3.54. The Morgan fingerprint density at radius 2 is 1.19 bits per heavy atom. The molecule has 6 heteroatoms. The van der Waals surface area contributed by atoms with Crippen LogP contribution in [0.4, 0.5) is 11.4 Å². The second-order valence-electron chi connectivity index (χ2n) is 5.80. The number of hydrogen-bond donors (Lipinski definition) is 2. The lowest BCUT2D eigenvalue weighted by atomic mass is 10.0. The van der Waals surface area contributed by atoms with Crippen LogP contribution in [-0.2, 0) is 9.59 Å². The summed E-state index contributed by atoms with van der Waals surface area (Å²) in [4.78, 5) is 31.2. The van der Waals surface area contributed by atoms with Crippen LogP contribution in [0.3, 0.4) is 0 Å². The smallest absolute Gasteiger partial charge is 0.221 e. The van der Waals surface area contributed by atoms with Crippen molar-refractivity contribution < 1.29 is 9.59 Å². The van der Waals surface area contributed by atoms with Gasteiger partial charge in [0.1, 0.15) is 0 Å². The van der Waals surface area contributed by atoms with Crippen LogP contribution in [0.5, 0.6) is 0 Å². The molecule has 26 heavy (non-hydrogen) atoms. The molecule has 0 aliphatic carbocycles. The molecule has 1 aromatic carbocycles. The predicted molar refractivity (Wildman–Crippen MR) is 102 cm³/mol. The van der Waals surface area contributed by atoms with E-state index in [1.807, 2.05) is 36.4 Å². The van der Waals surface area contributed by atoms with E-state index >= 15 is 0 Å². The number of anilines is 2. The van der Waals surface area contributed by atoms with Gasteiger partial charge in [-0.2, -0.15) is 0 Å². The van der Waals surface area contributed by atoms with E-state index in [0.717, 1.165) is 22.5 Å². The van der Waals surface area contributed by atoms with Crippen LogP contribution in [0.15, 0.2) is 60.9 Å². The van der Waals surface area contributed by atoms with Crippen LogP contribution in [0.2, 0.25) is 0 Å². The lowest BCUT2D eigenvalue weighted by Crippen LogP contribution is -2.06. The van der Waals surface area contributed by atoms with E-state index in [0.29, 0.717) is 11.4 Å². The lowest BCUT2D eigenvalue weighted by Gasteiger charge is -2.08. The van der Waals surface area contributed by atoms with Gasteiger partial charge in [-0.3, -0.25) is 19.6 Å². The number of nitrogens with zero attached hydrogens (tertiary/aromatic N) is 2. The van der Waals surface area contributed by atoms with Gasteiger partial charge in [-0.05, 0) is 30.3 Å². The summed E-state index contributed by atoms with van der Waals surface area (Å²) in [6.45, 7) is 2.93. The average Bonchev–Trinajstić information content (AvgIpc) is 2.61. The highest BCUT2D eigenvalue weighted by Gasteiger charge is 2.06. The standard InChI is InChI=1S/C20H18N4O2/c1-13(25)23-17-6-8-21-19(11-17)15-4-3-5-16(10-15)20-12-18(7-9-22-20)24-14(2)26/h3-12H,1-2H3,(H,21,23,25)(H,22,24,26). The Bertz CT molecular complexity index is 895. The van der Waals surface area contributed by atoms with Crippen molar-refractivity contribution in [2.24, 2.45) is 0 Å². The van der Waals surface area contributed by atoms with E-state index < -0.39 is 0 Å². The number of rotatable bonds is 4. The van der Waals surface area contributed by atoms with Gasteiger partial charge < -0.3 is 10.6 Å². The number of carbonyl (C=O) groups excluding carboxylic acids is 2. The average molecular weight is 346 g/mol. The highest BCUT2D eigenvalue weighted by molar-refractivity contribution is 5.90. The van der Waals surface area contributed by atoms with Crippen LogP contribution < -0.4 is 10.6 Å². The number of amides is 2. The molecule has 0 atom stereocenters. The monoisotopic (exact) mass is 346 g/mol. The molecule has 0 bridgehead atoms. The van der Waals surface area contributed by atoms with Crippen LogP contribution in [0.1, 0.15) is 13.8 Å². The fourth-order valence-corrected chi connectivity index (χ4v) is 2.58. The summed E-state index contributed by atoms with van der Waals surface area (Å²) < 4.78 is 0. The van der Waals surface area contributed by atoms with Gasteiger partial charge >= 0.3 is 0 Å². The number of hydrogen-bond acceptors (Lipinski definition) is 4. The number of pyridine rings is 2. The van der Waals surface area contributed by atoms with Crippen LogP contribution in [-0.4, -0.2) is 21.8 Å². The molecule has 0 radical (unpaired) electrons. The Labute approximate surface area is 151 Å². The minimum absolute atomic E-state index is 0.130. The topological polar surface area (TPSA) is 84.0 Å². The normalized spacial score (nSPS) is 10.2. The van der Waals surface area contributed by atoms with E-state index in [4.69, 9.17) is 0 Å². The third-order valence-electron chi connectivity index (χ3n) is 3.61. The molecule has 0 aliphatic rings. The first-order valence-electron chi connectivity index (χ1n) is 8.09. The summed E-state index contributed by atoms with van der Waals surface area (Å²) in [7, 11) is 0. The molecule has 0 unspecified atom stereocenters. The molecule has 0 saturated carbocycles. The molecule has 130 valence electrons. The summed E-state index contributed by atoms with van der Waals surface area (Å²) >= 11 is 0. The van der Waals surface area contributed by atoms with E-state index in [-0.39, 0.29) is 11.8 Å². The summed E-state index contributed by atoms with van der Waals surface area (Å²) in [6, 6.07) is 14.9. The molecule has 2 amide bonds. The molecule has 2 heterocycles. The summed E-state index contributed by atoms with van der Waals surface area (Å²) in [5.74, 6) is -0.259. The molecule has 2 aromatic heterocycles. The largest absolute Gasteiger partial charge is 0.326 e. The molecule has 2 N–H and O–H groups in total. The number of nitrogens with one attached hydrogen (secondary N) is 2. The zero-order valence-electron chi connectivity index (χ0n) is 14.5. The number of aromatic nitrogens is 2. The Kier molecular flexibility index (Phi) is 5.03. The zero-order valence-corrected chi connectivity index (χ0v) is 14.5. The molecular formula is C20H18N4O2. The first-order valence-corrected chi connectivity index (χ1v) is 8.09. The van der Waals surface area contributed by atoms with Gasteiger partial charge in [0.15, 0.2) is 0 Å². The maximum absolute atomic E-state index is 11.2. The van der Waals surface area contributed by atoms with Crippen molar-refractivity contribution in [3.8, 4) is 22.5 Å². The molecule has 0 spiro atoms. The van der Waals surface area contributed by atoms with Crippen molar-refractivity contribution in [1.29, 1.82) is 0 Å². The van der Waals surface area contributed by atoms with Gasteiger partial charge in [0.2, 0.25) is 11.8 Å². The van der Waals surface area contributed by atoms with Crippen LogP contribution in [0, 0.1) is 0 Å². The Balaban J connectivity index is 1.94. The molecule has 6 nitrogen and oxygen atoms in total. The maximum atomic E-state index is 11.2. The predicted octanol–water partition coefficient (Wildman–Crippen LogP) is 3.73. The number of carbonyl (C=O) groups is 2. The molecule has 0 fully saturated rings. The van der Waals surface area contributed by atoms with Crippen molar-refractivity contribution >= 4 is 23.2 Å². The SMILES string of the molecule is CC(=O)Nc1ccnc(-c2cccc(-c3cc(NC(C)=O)ccn3)c2)c1. The minimum Gasteiger partial charge on any atom is -0.326 e. The fourth-order valence-electron chi connectivity index (χ4n) is 2.58. The van der Waals surface area contributed by atoms with Gasteiger partial charge in [0, 0.05) is 48.7 Å².